The number of aliphatic hydroxyl groups is 6. The molecular weight excluding hydrogens is 1270 g/mol. The van der Waals surface area contributed by atoms with Gasteiger partial charge in [0.15, 0.2) is 12.1 Å². The highest BCUT2D eigenvalue weighted by atomic mass is 32.2. The number of hydrogen-bond donors (Lipinski definition) is 12. The normalized spacial score (nSPS) is 22.2. The van der Waals surface area contributed by atoms with E-state index >= 15 is 0 Å². The summed E-state index contributed by atoms with van der Waals surface area (Å²) in [5.74, 6) is -6.78. The number of carboxylic acids is 1. The number of carbonyl (C=O) groups excluding carboxylic acids is 7. The molecule has 0 spiro atoms. The second-order valence-electron chi connectivity index (χ2n) is 23.6. The maximum atomic E-state index is 13.0. The number of ketones is 1. The van der Waals surface area contributed by atoms with Crippen molar-refractivity contribution < 1.29 is 93.0 Å². The standard InChI is InChI=1S/C69H85N5O19S2/c1-41-9-13-45(14-10-41)47-17-23-51(24-18-47)65(86)71-38-56(81)60(83)62-58(73-43(3)76)54(79)36-68(40-75,92-62)90-30-6-34-95-35-29-70-64(85)50-27-21-49(22-28-50)53(78)8-5-32-94-33-7-31-91-69(67(88)89)37-55(80)59(74-44(4)77)63(93-69)61(84)57(82)39-72-66(87)52-25-19-48(20-26-52)46-15-11-42(2)12-16-46/h9-28,40,54-63,79-84H,5-8,29-39H2,1-4H3,(H,70,85)(H,71,86)(H,72,87)(H,73,76)(H,74,77)(H,88,89)/t54-,55-,56+,57+,58+,59+,60+,61+,62+,63+,68+,69+/m0/s1. The smallest absolute Gasteiger partial charge is 0.364 e. The highest BCUT2D eigenvalue weighted by Gasteiger charge is 2.56. The Labute approximate surface area is 559 Å². The van der Waals surface area contributed by atoms with Crippen LogP contribution in [0, 0.1) is 13.8 Å². The Morgan fingerprint density at radius 3 is 1.38 bits per heavy atom. The number of amides is 5. The van der Waals surface area contributed by atoms with Gasteiger partial charge in [-0.3, -0.25) is 33.6 Å². The summed E-state index contributed by atoms with van der Waals surface area (Å²) in [6, 6.07) is 33.0. The average Bonchev–Trinajstić information content (AvgIpc) is 0.787. The van der Waals surface area contributed by atoms with Gasteiger partial charge in [0.1, 0.15) is 24.4 Å². The van der Waals surface area contributed by atoms with Gasteiger partial charge >= 0.3 is 5.97 Å². The van der Waals surface area contributed by atoms with Crippen molar-refractivity contribution in [2.75, 3.05) is 55.9 Å². The van der Waals surface area contributed by atoms with Gasteiger partial charge in [-0.2, -0.15) is 23.5 Å². The molecule has 512 valence electrons. The maximum absolute atomic E-state index is 13.0. The number of benzene rings is 5. The molecule has 2 saturated heterocycles. The van der Waals surface area contributed by atoms with E-state index < -0.39 is 128 Å². The van der Waals surface area contributed by atoms with Crippen LogP contribution in [0.25, 0.3) is 22.3 Å². The van der Waals surface area contributed by atoms with Crippen molar-refractivity contribution in [2.45, 2.75) is 139 Å². The highest BCUT2D eigenvalue weighted by molar-refractivity contribution is 7.99. The van der Waals surface area contributed by atoms with Gasteiger partial charge in [0.25, 0.3) is 23.5 Å². The fourth-order valence-electron chi connectivity index (χ4n) is 10.9. The summed E-state index contributed by atoms with van der Waals surface area (Å²) >= 11 is 2.98. The minimum atomic E-state index is -2.47. The molecule has 24 nitrogen and oxygen atoms in total. The van der Waals surface area contributed by atoms with Crippen molar-refractivity contribution in [2.24, 2.45) is 0 Å². The van der Waals surface area contributed by atoms with Gasteiger partial charge in [-0.05, 0) is 109 Å². The zero-order valence-electron chi connectivity index (χ0n) is 53.4. The summed E-state index contributed by atoms with van der Waals surface area (Å²) in [6.07, 6.45) is -12.6. The molecule has 5 amide bonds. The number of carbonyl (C=O) groups is 8. The van der Waals surface area contributed by atoms with E-state index in [0.717, 1.165) is 40.3 Å². The molecule has 0 saturated carbocycles. The Bertz CT molecular complexity index is 3370. The van der Waals surface area contributed by atoms with Crippen molar-refractivity contribution in [3.63, 3.8) is 0 Å². The molecule has 5 aromatic rings. The monoisotopic (exact) mass is 1350 g/mol. The number of hydrogen-bond acceptors (Lipinski definition) is 20. The molecule has 2 aliphatic heterocycles. The number of Topliss-reactive ketones (excluding diaryl/α,β-unsaturated/α-hetero) is 1. The van der Waals surface area contributed by atoms with E-state index in [4.69, 9.17) is 18.9 Å². The lowest BCUT2D eigenvalue weighted by Crippen LogP contribution is -2.68. The Hall–Kier alpha value is -7.44. The zero-order chi connectivity index (χ0) is 68.8. The largest absolute Gasteiger partial charge is 0.477 e. The first-order valence-corrected chi connectivity index (χ1v) is 33.7. The van der Waals surface area contributed by atoms with Gasteiger partial charge in [0.05, 0.1) is 49.7 Å². The second kappa shape index (κ2) is 36.1. The molecule has 2 aliphatic rings. The quantitative estimate of drug-likeness (QED) is 0.0155. The SMILES string of the molecule is CC(=O)N[C@H]1[C@H]([C@H](O)[C@H](O)CNC(=O)c2ccc(-c3ccc(C)cc3)cc2)O[C@](C=O)(OCCCSCCNC(=O)c2ccc(C(=O)CCCSCCCO[C@]3(C(=O)O)C[C@H](O)[C@@H](NC(C)=O)[C@H]([C@H](O)[C@H](O)CNC(=O)c4ccc(-c5ccc(C)cc5)cc4)O3)cc2)C[C@@H]1O. The minimum Gasteiger partial charge on any atom is -0.477 e. The van der Waals surface area contributed by atoms with E-state index in [1.165, 1.54) is 30.4 Å². The maximum Gasteiger partial charge on any atom is 0.364 e. The van der Waals surface area contributed by atoms with E-state index in [-0.39, 0.29) is 36.9 Å². The van der Waals surface area contributed by atoms with Crippen LogP contribution in [-0.4, -0.2) is 212 Å². The van der Waals surface area contributed by atoms with Crippen LogP contribution in [0.3, 0.4) is 0 Å². The molecule has 0 unspecified atom stereocenters. The Morgan fingerprint density at radius 2 is 0.926 bits per heavy atom. The summed E-state index contributed by atoms with van der Waals surface area (Å²) in [5.41, 5.74) is 7.26. The lowest BCUT2D eigenvalue weighted by molar-refractivity contribution is -0.310. The van der Waals surface area contributed by atoms with E-state index in [1.54, 1.807) is 72.8 Å². The molecule has 0 bridgehead atoms. The van der Waals surface area contributed by atoms with Crippen LogP contribution in [0.1, 0.15) is 105 Å². The first-order chi connectivity index (χ1) is 45.4. The number of thioether (sulfide) groups is 2. The minimum absolute atomic E-state index is 0.0204. The molecule has 0 radical (unpaired) electrons. The molecule has 12 N–H and O–H groups in total. The summed E-state index contributed by atoms with van der Waals surface area (Å²) < 4.78 is 23.5. The van der Waals surface area contributed by atoms with Gasteiger partial charge in [-0.1, -0.05) is 96.1 Å². The van der Waals surface area contributed by atoms with Gasteiger partial charge in [0, 0.05) is 80.8 Å². The first-order valence-electron chi connectivity index (χ1n) is 31.4. The number of aldehydes is 1. The summed E-state index contributed by atoms with van der Waals surface area (Å²) in [4.78, 5) is 102. The van der Waals surface area contributed by atoms with Gasteiger partial charge < -0.3 is 81.3 Å². The van der Waals surface area contributed by atoms with Crippen molar-refractivity contribution in [1.29, 1.82) is 0 Å². The summed E-state index contributed by atoms with van der Waals surface area (Å²) in [6.45, 7) is 5.50. The van der Waals surface area contributed by atoms with Crippen LogP contribution in [-0.2, 0) is 38.1 Å². The molecule has 0 aromatic heterocycles. The van der Waals surface area contributed by atoms with Crippen LogP contribution in [0.2, 0.25) is 0 Å². The van der Waals surface area contributed by atoms with Gasteiger partial charge in [-0.15, -0.1) is 0 Å². The lowest BCUT2D eigenvalue weighted by atomic mass is 9.88. The molecule has 5 aromatic carbocycles. The van der Waals surface area contributed by atoms with Crippen molar-refractivity contribution in [3.05, 3.63) is 155 Å². The summed E-state index contributed by atoms with van der Waals surface area (Å²) in [5, 5.41) is 90.4. The fourth-order valence-corrected chi connectivity index (χ4v) is 12.5. The van der Waals surface area contributed by atoms with Gasteiger partial charge in [-0.25, -0.2) is 4.79 Å². The van der Waals surface area contributed by atoms with E-state index in [1.807, 2.05) is 62.4 Å². The number of carboxylic acid groups (broad SMARTS) is 1. The third kappa shape index (κ3) is 21.5. The third-order valence-corrected chi connectivity index (χ3v) is 18.4. The third-order valence-electron chi connectivity index (χ3n) is 16.1. The predicted octanol–water partition coefficient (Wildman–Crippen LogP) is 3.90. The van der Waals surface area contributed by atoms with Gasteiger partial charge in [0.2, 0.25) is 17.6 Å². The van der Waals surface area contributed by atoms with Crippen molar-refractivity contribution >= 4 is 71.1 Å². The topological polar surface area (TPSA) is 375 Å². The molecule has 26 heteroatoms. The average molecular weight is 1350 g/mol. The Morgan fingerprint density at radius 1 is 0.537 bits per heavy atom. The molecule has 95 heavy (non-hydrogen) atoms. The molecule has 12 atom stereocenters. The van der Waals surface area contributed by atoms with Crippen LogP contribution in [0.15, 0.2) is 121 Å². The highest BCUT2D eigenvalue weighted by Crippen LogP contribution is 2.35. The van der Waals surface area contributed by atoms with Crippen LogP contribution < -0.4 is 26.6 Å². The fraction of sp³-hybridized carbons (Fsp3) is 0.449. The molecule has 2 fully saturated rings. The summed E-state index contributed by atoms with van der Waals surface area (Å²) in [7, 11) is 0. The molecule has 7 rings (SSSR count). The zero-order valence-corrected chi connectivity index (χ0v) is 55.0. The number of ether oxygens (including phenoxy) is 4. The van der Waals surface area contributed by atoms with Crippen LogP contribution in [0.4, 0.5) is 0 Å². The number of aliphatic carboxylic acids is 1. The van der Waals surface area contributed by atoms with Crippen LogP contribution >= 0.6 is 23.5 Å². The molecule has 0 aliphatic carbocycles. The lowest BCUT2D eigenvalue weighted by Gasteiger charge is -2.46. The molecule has 2 heterocycles. The Balaban J connectivity index is 0.767. The molecular formula is C69H85N5O19S2. The number of rotatable bonds is 35. The number of aryl methyl sites for hydroxylation is 2. The van der Waals surface area contributed by atoms with Crippen molar-refractivity contribution in [3.8, 4) is 22.3 Å². The Kier molecular flexibility index (Phi) is 28.4. The number of nitrogens with one attached hydrogen (secondary N) is 5. The van der Waals surface area contributed by atoms with Crippen LogP contribution in [0.5, 0.6) is 0 Å². The number of aliphatic hydroxyl groups excluding tert-OH is 6. The first kappa shape index (κ1) is 74.9. The predicted molar refractivity (Wildman–Crippen MR) is 355 cm³/mol. The second-order valence-corrected chi connectivity index (χ2v) is 26.0. The van der Waals surface area contributed by atoms with Crippen molar-refractivity contribution in [1.82, 2.24) is 26.6 Å². The van der Waals surface area contributed by atoms with E-state index in [0.29, 0.717) is 71.8 Å². The van der Waals surface area contributed by atoms with E-state index in [9.17, 15) is 74.1 Å². The van der Waals surface area contributed by atoms with E-state index in [2.05, 4.69) is 26.6 Å².